The molecule has 30 heavy (non-hydrogen) atoms. The first-order chi connectivity index (χ1) is 14.5. The third-order valence-corrected chi connectivity index (χ3v) is 5.81. The van der Waals surface area contributed by atoms with Crippen LogP contribution in [0, 0.1) is 5.92 Å². The zero-order chi connectivity index (χ0) is 21.5. The van der Waals surface area contributed by atoms with Crippen LogP contribution in [0.2, 0.25) is 0 Å². The summed E-state index contributed by atoms with van der Waals surface area (Å²) in [5, 5.41) is 13.9. The van der Waals surface area contributed by atoms with Crippen LogP contribution in [0.25, 0.3) is 0 Å². The number of methoxy groups -OCH3 is 1. The van der Waals surface area contributed by atoms with Crippen LogP contribution in [0.5, 0.6) is 0 Å². The van der Waals surface area contributed by atoms with Crippen LogP contribution in [-0.4, -0.2) is 72.7 Å². The molecule has 0 aromatic carbocycles. The van der Waals surface area contributed by atoms with E-state index in [1.807, 2.05) is 18.2 Å². The van der Waals surface area contributed by atoms with Crippen LogP contribution in [0.4, 0.5) is 11.5 Å². The highest BCUT2D eigenvalue weighted by molar-refractivity contribution is 7.12. The van der Waals surface area contributed by atoms with Crippen molar-refractivity contribution in [2.45, 2.75) is 6.42 Å². The molecule has 2 aromatic rings. The van der Waals surface area contributed by atoms with Crippen molar-refractivity contribution in [1.82, 2.24) is 9.88 Å². The number of carbonyl (C=O) groups excluding carboxylic acids is 2. The van der Waals surface area contributed by atoms with Crippen molar-refractivity contribution in [3.8, 4) is 0 Å². The van der Waals surface area contributed by atoms with Gasteiger partial charge in [0.15, 0.2) is 0 Å². The minimum Gasteiger partial charge on any atom is -0.481 e. The van der Waals surface area contributed by atoms with Crippen molar-refractivity contribution < 1.29 is 24.2 Å². The van der Waals surface area contributed by atoms with E-state index in [9.17, 15) is 19.5 Å². The zero-order valence-corrected chi connectivity index (χ0v) is 17.4. The molecule has 1 amide bonds. The van der Waals surface area contributed by atoms with Gasteiger partial charge in [0, 0.05) is 45.3 Å². The zero-order valence-electron chi connectivity index (χ0n) is 16.6. The standard InChI is InChI=1S/C20H24N4O5S/c1-29-20(28)18-15(5-11-30-18)22-17(25)12-14(19(26)27)13-23-7-9-24(10-8-23)16-4-2-3-6-21-16/h2-6,11,14H,7-10,12-13H2,1H3,(H,22,25)(H,26,27)/t14-/m0/s1. The minimum atomic E-state index is -1.02. The number of hydrogen-bond acceptors (Lipinski definition) is 8. The van der Waals surface area contributed by atoms with Crippen LogP contribution >= 0.6 is 11.3 Å². The lowest BCUT2D eigenvalue weighted by Gasteiger charge is -2.36. The molecule has 0 saturated carbocycles. The number of carboxylic acids is 1. The van der Waals surface area contributed by atoms with Crippen LogP contribution in [0.15, 0.2) is 35.8 Å². The van der Waals surface area contributed by atoms with Gasteiger partial charge in [0.25, 0.3) is 0 Å². The van der Waals surface area contributed by atoms with E-state index in [0.29, 0.717) is 18.8 Å². The largest absolute Gasteiger partial charge is 0.481 e. The lowest BCUT2D eigenvalue weighted by atomic mass is 10.0. The van der Waals surface area contributed by atoms with Crippen LogP contribution in [-0.2, 0) is 14.3 Å². The second-order valence-electron chi connectivity index (χ2n) is 6.92. The second-order valence-corrected chi connectivity index (χ2v) is 7.83. The Labute approximate surface area is 178 Å². The topological polar surface area (TPSA) is 112 Å². The van der Waals surface area contributed by atoms with Crippen molar-refractivity contribution in [3.63, 3.8) is 0 Å². The Morgan fingerprint density at radius 1 is 1.23 bits per heavy atom. The highest BCUT2D eigenvalue weighted by atomic mass is 32.1. The molecule has 1 atom stereocenters. The van der Waals surface area contributed by atoms with E-state index < -0.39 is 23.8 Å². The van der Waals surface area contributed by atoms with Crippen LogP contribution in [0.3, 0.4) is 0 Å². The van der Waals surface area contributed by atoms with Gasteiger partial charge < -0.3 is 20.1 Å². The minimum absolute atomic E-state index is 0.174. The number of esters is 1. The molecular formula is C20H24N4O5S. The van der Waals surface area contributed by atoms with Gasteiger partial charge in [-0.25, -0.2) is 9.78 Å². The van der Waals surface area contributed by atoms with E-state index in [1.54, 1.807) is 17.6 Å². The summed E-state index contributed by atoms with van der Waals surface area (Å²) in [6.45, 7) is 3.16. The number of piperazine rings is 1. The first-order valence-electron chi connectivity index (χ1n) is 9.54. The maximum absolute atomic E-state index is 12.4. The molecule has 3 rings (SSSR count). The third-order valence-electron chi connectivity index (χ3n) is 4.92. The highest BCUT2D eigenvalue weighted by Crippen LogP contribution is 2.24. The molecule has 0 radical (unpaired) electrons. The predicted molar refractivity (Wildman–Crippen MR) is 113 cm³/mol. The number of ether oxygens (including phenoxy) is 1. The fourth-order valence-electron chi connectivity index (χ4n) is 3.33. The molecule has 2 aromatic heterocycles. The molecule has 1 aliphatic heterocycles. The van der Waals surface area contributed by atoms with Crippen molar-refractivity contribution >= 4 is 40.7 Å². The van der Waals surface area contributed by atoms with E-state index in [2.05, 4.69) is 24.8 Å². The van der Waals surface area contributed by atoms with Crippen molar-refractivity contribution in [3.05, 3.63) is 40.7 Å². The summed E-state index contributed by atoms with van der Waals surface area (Å²) in [7, 11) is 1.27. The van der Waals surface area contributed by atoms with Gasteiger partial charge in [0.05, 0.1) is 18.7 Å². The Bertz CT molecular complexity index is 880. The Morgan fingerprint density at radius 3 is 2.63 bits per heavy atom. The molecule has 1 saturated heterocycles. The molecule has 0 bridgehead atoms. The highest BCUT2D eigenvalue weighted by Gasteiger charge is 2.27. The predicted octanol–water partition coefficient (Wildman–Crippen LogP) is 1.78. The number of carbonyl (C=O) groups is 3. The Morgan fingerprint density at radius 2 is 2.00 bits per heavy atom. The van der Waals surface area contributed by atoms with Crippen molar-refractivity contribution in [2.75, 3.05) is 50.1 Å². The SMILES string of the molecule is COC(=O)c1sccc1NC(=O)C[C@@H](CN1CCN(c2ccccn2)CC1)C(=O)O. The molecule has 2 N–H and O–H groups in total. The maximum Gasteiger partial charge on any atom is 0.350 e. The van der Waals surface area contributed by atoms with Gasteiger partial charge in [-0.05, 0) is 23.6 Å². The number of aliphatic carboxylic acids is 1. The number of hydrogen-bond donors (Lipinski definition) is 2. The maximum atomic E-state index is 12.4. The molecule has 0 unspecified atom stereocenters. The number of anilines is 2. The summed E-state index contributed by atoms with van der Waals surface area (Å²) in [5.41, 5.74) is 0.338. The monoisotopic (exact) mass is 432 g/mol. The number of amides is 1. The summed E-state index contributed by atoms with van der Waals surface area (Å²) < 4.78 is 4.69. The molecule has 0 aliphatic carbocycles. The smallest absolute Gasteiger partial charge is 0.350 e. The van der Waals surface area contributed by atoms with Gasteiger partial charge in [-0.1, -0.05) is 6.07 Å². The molecule has 0 spiro atoms. The molecule has 160 valence electrons. The Hall–Kier alpha value is -2.98. The normalized spacial score (nSPS) is 15.4. The van der Waals surface area contributed by atoms with Gasteiger partial charge in [-0.2, -0.15) is 0 Å². The molecule has 9 nitrogen and oxygen atoms in total. The Balaban J connectivity index is 1.53. The van der Waals surface area contributed by atoms with E-state index in [-0.39, 0.29) is 17.8 Å². The van der Waals surface area contributed by atoms with Crippen LogP contribution in [0.1, 0.15) is 16.1 Å². The van der Waals surface area contributed by atoms with Gasteiger partial charge in [-0.15, -0.1) is 11.3 Å². The summed E-state index contributed by atoms with van der Waals surface area (Å²) in [6, 6.07) is 7.36. The number of aromatic nitrogens is 1. The van der Waals surface area contributed by atoms with Crippen molar-refractivity contribution in [1.29, 1.82) is 0 Å². The summed E-state index contributed by atoms with van der Waals surface area (Å²) in [6.07, 6.45) is 1.58. The number of nitrogens with zero attached hydrogens (tertiary/aromatic N) is 3. The van der Waals surface area contributed by atoms with Gasteiger partial charge >= 0.3 is 11.9 Å². The van der Waals surface area contributed by atoms with E-state index >= 15 is 0 Å². The third kappa shape index (κ3) is 5.55. The summed E-state index contributed by atoms with van der Waals surface area (Å²) in [5.74, 6) is -1.94. The fourth-order valence-corrected chi connectivity index (χ4v) is 4.09. The number of carboxylic acid groups (broad SMARTS) is 1. The quantitative estimate of drug-likeness (QED) is 0.607. The number of rotatable bonds is 8. The van der Waals surface area contributed by atoms with Gasteiger partial charge in [-0.3, -0.25) is 14.5 Å². The number of pyridine rings is 1. The van der Waals surface area contributed by atoms with E-state index in [0.717, 1.165) is 30.2 Å². The number of thiophene rings is 1. The first-order valence-corrected chi connectivity index (χ1v) is 10.4. The van der Waals surface area contributed by atoms with E-state index in [4.69, 9.17) is 0 Å². The summed E-state index contributed by atoms with van der Waals surface area (Å²) in [4.78, 5) is 44.7. The van der Waals surface area contributed by atoms with Crippen molar-refractivity contribution in [2.24, 2.45) is 5.92 Å². The first kappa shape index (κ1) is 21.7. The summed E-state index contributed by atoms with van der Waals surface area (Å²) >= 11 is 1.15. The average molecular weight is 433 g/mol. The van der Waals surface area contributed by atoms with Gasteiger partial charge in [0.2, 0.25) is 5.91 Å². The van der Waals surface area contributed by atoms with Crippen LogP contribution < -0.4 is 10.2 Å². The average Bonchev–Trinajstić information content (AvgIpc) is 3.21. The molecule has 1 fully saturated rings. The number of nitrogens with one attached hydrogen (secondary N) is 1. The molecule has 3 heterocycles. The Kier molecular flexibility index (Phi) is 7.36. The second kappa shape index (κ2) is 10.2. The fraction of sp³-hybridized carbons (Fsp3) is 0.400. The molecular weight excluding hydrogens is 408 g/mol. The lowest BCUT2D eigenvalue weighted by molar-refractivity contribution is -0.144. The molecule has 1 aliphatic rings. The van der Waals surface area contributed by atoms with Gasteiger partial charge in [0.1, 0.15) is 10.7 Å². The van der Waals surface area contributed by atoms with E-state index in [1.165, 1.54) is 7.11 Å². The lowest BCUT2D eigenvalue weighted by Crippen LogP contribution is -2.49. The molecule has 10 heteroatoms.